The standard InChI is InChI=1S/C26H34FN5O4/c1-5-29-23(26(34)30-15-17-6-11-20(27)25(12-17)35-4)13-21(28-3)22-14-24(36-32-22)18-7-9-19(10-8-18)31-16(2)33/h6,11-13,18-19,24H,3,5,7-10,14-15H2,1-2,4H3,(H,30,34)(H,31,33)/b21-13-,29-23?. The van der Waals surface area contributed by atoms with Crippen molar-refractivity contribution in [2.45, 2.75) is 64.6 Å². The lowest BCUT2D eigenvalue weighted by Gasteiger charge is -2.31. The lowest BCUT2D eigenvalue weighted by molar-refractivity contribution is -0.120. The molecule has 0 aromatic heterocycles. The quantitative estimate of drug-likeness (QED) is 0.481. The molecule has 0 bridgehead atoms. The monoisotopic (exact) mass is 499 g/mol. The van der Waals surface area contributed by atoms with Crippen molar-refractivity contribution >= 4 is 30.0 Å². The van der Waals surface area contributed by atoms with E-state index in [1.165, 1.54) is 19.2 Å². The van der Waals surface area contributed by atoms with Gasteiger partial charge in [-0.3, -0.25) is 19.6 Å². The van der Waals surface area contributed by atoms with Crippen molar-refractivity contribution < 1.29 is 23.6 Å². The Bertz CT molecular complexity index is 1060. The average Bonchev–Trinajstić information content (AvgIpc) is 3.36. The first-order chi connectivity index (χ1) is 17.3. The lowest BCUT2D eigenvalue weighted by atomic mass is 9.81. The summed E-state index contributed by atoms with van der Waals surface area (Å²) < 4.78 is 18.6. The van der Waals surface area contributed by atoms with Crippen LogP contribution in [0.15, 0.2) is 45.1 Å². The van der Waals surface area contributed by atoms with E-state index < -0.39 is 11.7 Å². The summed E-state index contributed by atoms with van der Waals surface area (Å²) in [5, 5.41) is 10.0. The van der Waals surface area contributed by atoms with Crippen molar-refractivity contribution in [3.63, 3.8) is 0 Å². The molecule has 1 fully saturated rings. The van der Waals surface area contributed by atoms with Crippen LogP contribution in [0.4, 0.5) is 4.39 Å². The highest BCUT2D eigenvalue weighted by Gasteiger charge is 2.34. The van der Waals surface area contributed by atoms with Crippen LogP contribution in [0.5, 0.6) is 5.75 Å². The van der Waals surface area contributed by atoms with Crippen LogP contribution in [-0.2, 0) is 21.0 Å². The van der Waals surface area contributed by atoms with Gasteiger partial charge in [-0.2, -0.15) is 0 Å². The normalized spacial score (nSPS) is 22.3. The fourth-order valence-corrected chi connectivity index (χ4v) is 4.51. The van der Waals surface area contributed by atoms with Crippen molar-refractivity contribution in [2.75, 3.05) is 13.7 Å². The Kier molecular flexibility index (Phi) is 9.72. The van der Waals surface area contributed by atoms with Crippen LogP contribution in [0.25, 0.3) is 0 Å². The summed E-state index contributed by atoms with van der Waals surface area (Å²) in [6, 6.07) is 4.62. The maximum atomic E-state index is 13.6. The van der Waals surface area contributed by atoms with Gasteiger partial charge >= 0.3 is 0 Å². The minimum absolute atomic E-state index is 0.000927. The highest BCUT2D eigenvalue weighted by Crippen LogP contribution is 2.33. The number of hydrogen-bond acceptors (Lipinski definition) is 7. The van der Waals surface area contributed by atoms with Gasteiger partial charge in [-0.1, -0.05) is 11.2 Å². The van der Waals surface area contributed by atoms with Crippen molar-refractivity contribution in [1.29, 1.82) is 0 Å². The van der Waals surface area contributed by atoms with Gasteiger partial charge in [-0.15, -0.1) is 0 Å². The molecule has 1 aromatic carbocycles. The van der Waals surface area contributed by atoms with Gasteiger partial charge in [0.1, 0.15) is 17.5 Å². The molecule has 36 heavy (non-hydrogen) atoms. The van der Waals surface area contributed by atoms with Crippen LogP contribution < -0.4 is 15.4 Å². The lowest BCUT2D eigenvalue weighted by Crippen LogP contribution is -2.38. The summed E-state index contributed by atoms with van der Waals surface area (Å²) in [5.41, 5.74) is 1.94. The van der Waals surface area contributed by atoms with Crippen LogP contribution >= 0.6 is 0 Å². The molecular weight excluding hydrogens is 465 g/mol. The van der Waals surface area contributed by atoms with E-state index in [0.717, 1.165) is 25.7 Å². The van der Waals surface area contributed by atoms with Crippen molar-refractivity contribution in [3.05, 3.63) is 41.4 Å². The summed E-state index contributed by atoms with van der Waals surface area (Å²) in [6.07, 6.45) is 5.77. The fraction of sp³-hybridized carbons (Fsp3) is 0.500. The predicted molar refractivity (Wildman–Crippen MR) is 137 cm³/mol. The molecule has 0 spiro atoms. The molecule has 194 valence electrons. The number of oxime groups is 1. The van der Waals surface area contributed by atoms with E-state index in [-0.39, 0.29) is 36.1 Å². The predicted octanol–water partition coefficient (Wildman–Crippen LogP) is 3.34. The molecule has 0 saturated heterocycles. The SMILES string of the molecule is C=N/C(=C\C(=NCC)C(=O)NCc1ccc(F)c(OC)c1)C1=NOC(C2CCC(NC(C)=O)CC2)C1. The molecule has 10 heteroatoms. The van der Waals surface area contributed by atoms with Crippen LogP contribution in [0.1, 0.15) is 51.5 Å². The van der Waals surface area contributed by atoms with Gasteiger partial charge in [-0.25, -0.2) is 4.39 Å². The molecule has 1 unspecified atom stereocenters. The van der Waals surface area contributed by atoms with E-state index >= 15 is 0 Å². The second-order valence-corrected chi connectivity index (χ2v) is 8.90. The zero-order valence-electron chi connectivity index (χ0n) is 21.1. The second-order valence-electron chi connectivity index (χ2n) is 8.90. The molecule has 3 rings (SSSR count). The number of halogens is 1. The third-order valence-corrected chi connectivity index (χ3v) is 6.37. The number of allylic oxidation sites excluding steroid dienone is 1. The first kappa shape index (κ1) is 27.0. The first-order valence-electron chi connectivity index (χ1n) is 12.2. The Balaban J connectivity index is 1.61. The Hall–Kier alpha value is -3.56. The van der Waals surface area contributed by atoms with Crippen LogP contribution in [0, 0.1) is 11.7 Å². The molecule has 1 aliphatic heterocycles. The molecule has 2 N–H and O–H groups in total. The molecule has 1 aliphatic carbocycles. The van der Waals surface area contributed by atoms with Gasteiger partial charge in [0.2, 0.25) is 5.91 Å². The summed E-state index contributed by atoms with van der Waals surface area (Å²) in [7, 11) is 1.39. The fourth-order valence-electron chi connectivity index (χ4n) is 4.51. The van der Waals surface area contributed by atoms with Crippen LogP contribution in [0.2, 0.25) is 0 Å². The van der Waals surface area contributed by atoms with Gasteiger partial charge < -0.3 is 20.2 Å². The largest absolute Gasteiger partial charge is 0.494 e. The topological polar surface area (TPSA) is 114 Å². The Labute approximate surface area is 210 Å². The summed E-state index contributed by atoms with van der Waals surface area (Å²) >= 11 is 0. The summed E-state index contributed by atoms with van der Waals surface area (Å²) in [5.74, 6) is -0.418. The number of carbonyl (C=O) groups is 2. The van der Waals surface area contributed by atoms with E-state index in [1.807, 2.05) is 6.92 Å². The number of nitrogens with zero attached hydrogens (tertiary/aromatic N) is 3. The molecule has 1 aromatic rings. The Morgan fingerprint density at radius 1 is 1.31 bits per heavy atom. The van der Waals surface area contributed by atoms with Gasteiger partial charge in [0.05, 0.1) is 12.8 Å². The van der Waals surface area contributed by atoms with Crippen molar-refractivity contribution in [3.8, 4) is 5.75 Å². The number of ether oxygens (including phenoxy) is 1. The number of aliphatic imine (C=N–C) groups is 2. The molecule has 0 radical (unpaired) electrons. The average molecular weight is 500 g/mol. The minimum atomic E-state index is -0.468. The molecule has 1 saturated carbocycles. The van der Waals surface area contributed by atoms with Gasteiger partial charge in [0.25, 0.3) is 5.91 Å². The van der Waals surface area contributed by atoms with E-state index in [2.05, 4.69) is 32.5 Å². The smallest absolute Gasteiger partial charge is 0.269 e. The maximum absolute atomic E-state index is 13.6. The maximum Gasteiger partial charge on any atom is 0.269 e. The van der Waals surface area contributed by atoms with Gasteiger partial charge in [-0.05, 0) is 69.0 Å². The molecule has 1 atom stereocenters. The molecular formula is C26H34FN5O4. The molecule has 2 amide bonds. The highest BCUT2D eigenvalue weighted by atomic mass is 19.1. The van der Waals surface area contributed by atoms with Crippen molar-refractivity contribution in [2.24, 2.45) is 21.1 Å². The molecule has 9 nitrogen and oxygen atoms in total. The highest BCUT2D eigenvalue weighted by molar-refractivity contribution is 6.44. The summed E-state index contributed by atoms with van der Waals surface area (Å²) in [6.45, 7) is 7.59. The van der Waals surface area contributed by atoms with E-state index in [1.54, 1.807) is 19.1 Å². The molecule has 2 aliphatic rings. The zero-order valence-corrected chi connectivity index (χ0v) is 21.1. The van der Waals surface area contributed by atoms with Gasteiger partial charge in [0, 0.05) is 32.5 Å². The van der Waals surface area contributed by atoms with Crippen molar-refractivity contribution in [1.82, 2.24) is 10.6 Å². The number of hydrogen-bond donors (Lipinski definition) is 2. The zero-order chi connectivity index (χ0) is 26.1. The van der Waals surface area contributed by atoms with E-state index in [9.17, 15) is 14.0 Å². The number of rotatable bonds is 10. The minimum Gasteiger partial charge on any atom is -0.494 e. The van der Waals surface area contributed by atoms with Gasteiger partial charge in [0.15, 0.2) is 11.6 Å². The van der Waals surface area contributed by atoms with Crippen LogP contribution in [0.3, 0.4) is 0 Å². The number of carbonyl (C=O) groups excluding carboxylic acids is 2. The Morgan fingerprint density at radius 2 is 2.06 bits per heavy atom. The number of methoxy groups -OCH3 is 1. The number of nitrogens with one attached hydrogen (secondary N) is 2. The second kappa shape index (κ2) is 12.9. The van der Waals surface area contributed by atoms with E-state index in [4.69, 9.17) is 9.57 Å². The summed E-state index contributed by atoms with van der Waals surface area (Å²) in [4.78, 5) is 38.3. The Morgan fingerprint density at radius 3 is 2.69 bits per heavy atom. The number of benzene rings is 1. The first-order valence-corrected chi connectivity index (χ1v) is 12.2. The number of amides is 2. The third-order valence-electron chi connectivity index (χ3n) is 6.37. The third kappa shape index (κ3) is 7.22. The van der Waals surface area contributed by atoms with Crippen LogP contribution in [-0.4, -0.2) is 55.8 Å². The molecule has 1 heterocycles. The van der Waals surface area contributed by atoms with E-state index in [0.29, 0.717) is 35.9 Å².